The molecule has 4 rings (SSSR count). The lowest BCUT2D eigenvalue weighted by molar-refractivity contribution is 0.399. The number of sulfonamides is 1. The fraction of sp³-hybridized carbons (Fsp3) is 0.308. The Balaban J connectivity index is 1.62. The van der Waals surface area contributed by atoms with E-state index < -0.39 is 10.0 Å². The first-order chi connectivity index (χ1) is 17.2. The molecule has 0 amide bonds. The monoisotopic (exact) mass is 507 g/mol. The number of aromatic nitrogens is 4. The molecule has 0 aliphatic heterocycles. The number of anilines is 1. The molecule has 36 heavy (non-hydrogen) atoms. The highest BCUT2D eigenvalue weighted by atomic mass is 32.2. The fourth-order valence-electron chi connectivity index (χ4n) is 3.78. The smallest absolute Gasteiger partial charge is 0.294 e. The van der Waals surface area contributed by atoms with Gasteiger partial charge in [-0.2, -0.15) is 10.1 Å². The molecule has 4 aromatic rings. The molecule has 0 unspecified atom stereocenters. The Labute approximate surface area is 210 Å². The normalized spacial score (nSPS) is 11.6. The maximum absolute atomic E-state index is 13.2. The Bertz CT molecular complexity index is 1540. The molecule has 0 aliphatic rings. The van der Waals surface area contributed by atoms with Crippen LogP contribution in [-0.4, -0.2) is 28.3 Å². The standard InChI is InChI=1S/C26H29N5O4S/c1-5-6-11-24-27-26(32)18(3)28-31(24)16-20-12-14-21(15-13-20)22-9-7-8-10-23(22)36(33,34)30-25-17(2)19(4)35-29-25/h7-10,12-15H,5-6,11,16H2,1-4H3,(H,29,30). The van der Waals surface area contributed by atoms with Crippen molar-refractivity contribution in [2.24, 2.45) is 0 Å². The Kier molecular flexibility index (Phi) is 7.35. The van der Waals surface area contributed by atoms with Gasteiger partial charge in [0, 0.05) is 17.5 Å². The Hall–Kier alpha value is -3.79. The number of aryl methyl sites for hydroxylation is 3. The highest BCUT2D eigenvalue weighted by Crippen LogP contribution is 2.30. The molecule has 0 atom stereocenters. The van der Waals surface area contributed by atoms with Crippen LogP contribution in [0.2, 0.25) is 0 Å². The summed E-state index contributed by atoms with van der Waals surface area (Å²) in [4.78, 5) is 16.4. The summed E-state index contributed by atoms with van der Waals surface area (Å²) in [5, 5.41) is 8.26. The molecule has 2 heterocycles. The largest absolute Gasteiger partial charge is 0.359 e. The zero-order valence-corrected chi connectivity index (χ0v) is 21.6. The van der Waals surface area contributed by atoms with Gasteiger partial charge >= 0.3 is 0 Å². The van der Waals surface area contributed by atoms with E-state index in [-0.39, 0.29) is 16.3 Å². The first-order valence-electron chi connectivity index (χ1n) is 11.8. The molecular weight excluding hydrogens is 478 g/mol. The van der Waals surface area contributed by atoms with E-state index in [9.17, 15) is 13.2 Å². The third-order valence-electron chi connectivity index (χ3n) is 6.02. The summed E-state index contributed by atoms with van der Waals surface area (Å²) in [5.41, 5.74) is 2.98. The van der Waals surface area contributed by atoms with E-state index in [1.54, 1.807) is 49.7 Å². The van der Waals surface area contributed by atoms with E-state index in [0.717, 1.165) is 24.0 Å². The van der Waals surface area contributed by atoms with Crippen molar-refractivity contribution in [3.63, 3.8) is 0 Å². The first kappa shape index (κ1) is 25.3. The number of unbranched alkanes of at least 4 members (excludes halogenated alkanes) is 1. The molecule has 0 aliphatic carbocycles. The van der Waals surface area contributed by atoms with Crippen LogP contribution in [0, 0.1) is 20.8 Å². The zero-order valence-electron chi connectivity index (χ0n) is 20.8. The molecular formula is C26H29N5O4S. The quantitative estimate of drug-likeness (QED) is 0.356. The molecule has 188 valence electrons. The molecule has 2 aromatic carbocycles. The van der Waals surface area contributed by atoms with Crippen LogP contribution in [0.25, 0.3) is 11.1 Å². The highest BCUT2D eigenvalue weighted by molar-refractivity contribution is 7.92. The Morgan fingerprint density at radius 1 is 1.03 bits per heavy atom. The van der Waals surface area contributed by atoms with Gasteiger partial charge in [0.2, 0.25) is 0 Å². The predicted molar refractivity (Wildman–Crippen MR) is 137 cm³/mol. The summed E-state index contributed by atoms with van der Waals surface area (Å²) in [6.07, 6.45) is 2.59. The van der Waals surface area contributed by atoms with Gasteiger partial charge in [-0.1, -0.05) is 61.0 Å². The van der Waals surface area contributed by atoms with Crippen LogP contribution in [0.4, 0.5) is 5.82 Å². The number of hydrogen-bond acceptors (Lipinski definition) is 7. The minimum absolute atomic E-state index is 0.140. The van der Waals surface area contributed by atoms with Crippen molar-refractivity contribution in [1.29, 1.82) is 0 Å². The van der Waals surface area contributed by atoms with Crippen molar-refractivity contribution in [2.45, 2.75) is 58.4 Å². The number of hydrogen-bond donors (Lipinski definition) is 1. The molecule has 0 fully saturated rings. The lowest BCUT2D eigenvalue weighted by atomic mass is 10.0. The second-order valence-electron chi connectivity index (χ2n) is 8.69. The average Bonchev–Trinajstić information content (AvgIpc) is 3.17. The lowest BCUT2D eigenvalue weighted by Crippen LogP contribution is -2.24. The number of rotatable bonds is 9. The summed E-state index contributed by atoms with van der Waals surface area (Å²) in [5.74, 6) is 1.39. The van der Waals surface area contributed by atoms with Crippen molar-refractivity contribution >= 4 is 15.8 Å². The molecule has 1 N–H and O–H groups in total. The van der Waals surface area contributed by atoms with Crippen molar-refractivity contribution in [3.8, 4) is 11.1 Å². The van der Waals surface area contributed by atoms with Gasteiger partial charge in [-0.15, -0.1) is 0 Å². The van der Waals surface area contributed by atoms with E-state index >= 15 is 0 Å². The van der Waals surface area contributed by atoms with Gasteiger partial charge in [0.15, 0.2) is 5.82 Å². The molecule has 2 aromatic heterocycles. The van der Waals surface area contributed by atoms with E-state index in [1.165, 1.54) is 0 Å². The van der Waals surface area contributed by atoms with Gasteiger partial charge < -0.3 is 4.52 Å². The van der Waals surface area contributed by atoms with Crippen molar-refractivity contribution in [3.05, 3.63) is 87.3 Å². The third kappa shape index (κ3) is 5.38. The van der Waals surface area contributed by atoms with E-state index in [4.69, 9.17) is 4.52 Å². The van der Waals surface area contributed by atoms with Crippen molar-refractivity contribution in [2.75, 3.05) is 4.72 Å². The first-order valence-corrected chi connectivity index (χ1v) is 13.3. The maximum atomic E-state index is 13.2. The maximum Gasteiger partial charge on any atom is 0.294 e. The second-order valence-corrected chi connectivity index (χ2v) is 10.3. The van der Waals surface area contributed by atoms with Gasteiger partial charge in [-0.05, 0) is 44.4 Å². The zero-order chi connectivity index (χ0) is 25.9. The molecule has 0 saturated carbocycles. The summed E-state index contributed by atoms with van der Waals surface area (Å²) < 4.78 is 35.8. The van der Waals surface area contributed by atoms with Gasteiger partial charge in [0.1, 0.15) is 17.3 Å². The van der Waals surface area contributed by atoms with Crippen LogP contribution < -0.4 is 10.3 Å². The van der Waals surface area contributed by atoms with Gasteiger partial charge in [-0.25, -0.2) is 13.1 Å². The fourth-order valence-corrected chi connectivity index (χ4v) is 5.07. The SMILES string of the molecule is CCCCc1nc(=O)c(C)nn1Cc1ccc(-c2ccccc2S(=O)(=O)Nc2noc(C)c2C)cc1. The number of benzene rings is 2. The minimum Gasteiger partial charge on any atom is -0.359 e. The predicted octanol–water partition coefficient (Wildman–Crippen LogP) is 4.41. The summed E-state index contributed by atoms with van der Waals surface area (Å²) >= 11 is 0. The van der Waals surface area contributed by atoms with Gasteiger partial charge in [0.05, 0.1) is 11.4 Å². The number of nitrogens with zero attached hydrogens (tertiary/aromatic N) is 4. The molecule has 0 bridgehead atoms. The van der Waals surface area contributed by atoms with Crippen LogP contribution in [-0.2, 0) is 23.0 Å². The lowest BCUT2D eigenvalue weighted by Gasteiger charge is -2.14. The summed E-state index contributed by atoms with van der Waals surface area (Å²) in [6.45, 7) is 7.68. The van der Waals surface area contributed by atoms with Crippen LogP contribution >= 0.6 is 0 Å². The molecule has 0 saturated heterocycles. The summed E-state index contributed by atoms with van der Waals surface area (Å²) in [7, 11) is -3.91. The molecule has 0 spiro atoms. The van der Waals surface area contributed by atoms with E-state index in [1.807, 2.05) is 24.3 Å². The van der Waals surface area contributed by atoms with Gasteiger partial charge in [-0.3, -0.25) is 9.52 Å². The highest BCUT2D eigenvalue weighted by Gasteiger charge is 2.22. The molecule has 10 heteroatoms. The minimum atomic E-state index is -3.91. The van der Waals surface area contributed by atoms with E-state index in [2.05, 4.69) is 26.9 Å². The van der Waals surface area contributed by atoms with Crippen LogP contribution in [0.3, 0.4) is 0 Å². The van der Waals surface area contributed by atoms with Crippen LogP contribution in [0.5, 0.6) is 0 Å². The number of nitrogens with one attached hydrogen (secondary N) is 1. The van der Waals surface area contributed by atoms with Crippen molar-refractivity contribution in [1.82, 2.24) is 19.9 Å². The Morgan fingerprint density at radius 3 is 2.42 bits per heavy atom. The average molecular weight is 508 g/mol. The van der Waals surface area contributed by atoms with Crippen LogP contribution in [0.1, 0.15) is 48.2 Å². The molecule has 9 nitrogen and oxygen atoms in total. The second kappa shape index (κ2) is 10.4. The summed E-state index contributed by atoms with van der Waals surface area (Å²) in [6, 6.07) is 14.4. The third-order valence-corrected chi connectivity index (χ3v) is 7.42. The van der Waals surface area contributed by atoms with E-state index in [0.29, 0.717) is 41.4 Å². The van der Waals surface area contributed by atoms with Crippen molar-refractivity contribution < 1.29 is 12.9 Å². The molecule has 0 radical (unpaired) electrons. The van der Waals surface area contributed by atoms with Gasteiger partial charge in [0.25, 0.3) is 15.6 Å². The van der Waals surface area contributed by atoms with Crippen LogP contribution in [0.15, 0.2) is 62.7 Å². The Morgan fingerprint density at radius 2 is 1.75 bits per heavy atom. The topological polar surface area (TPSA) is 120 Å².